The van der Waals surface area contributed by atoms with E-state index in [0.717, 1.165) is 19.1 Å². The molecule has 0 bridgehead atoms. The van der Waals surface area contributed by atoms with Crippen LogP contribution in [0.5, 0.6) is 0 Å². The van der Waals surface area contributed by atoms with Crippen LogP contribution in [0.1, 0.15) is 20.3 Å². The summed E-state index contributed by atoms with van der Waals surface area (Å²) in [5.41, 5.74) is 0. The molecular formula is C8H16OS. The number of thiol groups is 1. The van der Waals surface area contributed by atoms with Crippen molar-refractivity contribution in [3.8, 4) is 0 Å². The van der Waals surface area contributed by atoms with E-state index < -0.39 is 0 Å². The molecule has 1 nitrogen and oxygen atoms in total. The molecule has 10 heavy (non-hydrogen) atoms. The molecule has 1 fully saturated rings. The Bertz CT molecular complexity index is 103. The summed E-state index contributed by atoms with van der Waals surface area (Å²) in [6, 6.07) is 0. The van der Waals surface area contributed by atoms with Gasteiger partial charge in [0.2, 0.25) is 0 Å². The lowest BCUT2D eigenvalue weighted by Gasteiger charge is -2.13. The van der Waals surface area contributed by atoms with Crippen LogP contribution in [-0.2, 0) is 4.74 Å². The predicted octanol–water partition coefficient (Wildman–Crippen LogP) is 1.98. The summed E-state index contributed by atoms with van der Waals surface area (Å²) in [5.74, 6) is 1.48. The van der Waals surface area contributed by atoms with Crippen molar-refractivity contribution in [3.05, 3.63) is 0 Å². The van der Waals surface area contributed by atoms with E-state index in [9.17, 15) is 0 Å². The maximum atomic E-state index is 5.29. The fourth-order valence-electron chi connectivity index (χ4n) is 1.42. The van der Waals surface area contributed by atoms with Crippen molar-refractivity contribution in [1.29, 1.82) is 0 Å². The van der Waals surface area contributed by atoms with Crippen LogP contribution in [0, 0.1) is 11.8 Å². The Morgan fingerprint density at radius 2 is 2.20 bits per heavy atom. The second-order valence-corrected chi connectivity index (χ2v) is 4.16. The van der Waals surface area contributed by atoms with Crippen LogP contribution < -0.4 is 0 Å². The zero-order valence-corrected chi connectivity index (χ0v) is 7.60. The van der Waals surface area contributed by atoms with Gasteiger partial charge in [-0.1, -0.05) is 13.8 Å². The van der Waals surface area contributed by atoms with E-state index >= 15 is 0 Å². The van der Waals surface area contributed by atoms with Gasteiger partial charge in [0.05, 0.1) is 13.2 Å². The highest BCUT2D eigenvalue weighted by Gasteiger charge is 2.25. The Morgan fingerprint density at radius 3 is 2.60 bits per heavy atom. The molecule has 1 aliphatic rings. The highest BCUT2D eigenvalue weighted by molar-refractivity contribution is 7.81. The van der Waals surface area contributed by atoms with Gasteiger partial charge in [-0.15, -0.1) is 0 Å². The van der Waals surface area contributed by atoms with Crippen molar-refractivity contribution in [3.63, 3.8) is 0 Å². The smallest absolute Gasteiger partial charge is 0.0586 e. The maximum Gasteiger partial charge on any atom is 0.0586 e. The largest absolute Gasteiger partial charge is 0.380 e. The molecule has 0 amide bonds. The van der Waals surface area contributed by atoms with Gasteiger partial charge in [-0.05, 0) is 18.3 Å². The third-order valence-corrected chi connectivity index (χ3v) is 2.51. The van der Waals surface area contributed by atoms with Crippen molar-refractivity contribution in [2.45, 2.75) is 25.5 Å². The van der Waals surface area contributed by atoms with Crippen LogP contribution in [0.3, 0.4) is 0 Å². The Balaban J connectivity index is 2.26. The third-order valence-electron chi connectivity index (χ3n) is 1.94. The van der Waals surface area contributed by atoms with Gasteiger partial charge in [0.1, 0.15) is 0 Å². The lowest BCUT2D eigenvalue weighted by atomic mass is 9.96. The van der Waals surface area contributed by atoms with Crippen molar-refractivity contribution in [1.82, 2.24) is 0 Å². The highest BCUT2D eigenvalue weighted by Crippen LogP contribution is 2.24. The molecule has 0 aromatic heterocycles. The number of hydrogen-bond acceptors (Lipinski definition) is 2. The zero-order valence-electron chi connectivity index (χ0n) is 6.71. The first-order valence-corrected chi connectivity index (χ1v) is 4.47. The number of hydrogen-bond donors (Lipinski definition) is 1. The summed E-state index contributed by atoms with van der Waals surface area (Å²) in [6.45, 7) is 6.27. The van der Waals surface area contributed by atoms with E-state index in [1.54, 1.807) is 0 Å². The summed E-state index contributed by atoms with van der Waals surface area (Å²) in [6.07, 6.45) is 1.26. The van der Waals surface area contributed by atoms with E-state index in [1.807, 2.05) is 0 Å². The Morgan fingerprint density at radius 1 is 1.50 bits per heavy atom. The molecule has 0 aliphatic carbocycles. The molecule has 2 heteroatoms. The Kier molecular flexibility index (Phi) is 3.05. The highest BCUT2D eigenvalue weighted by atomic mass is 32.1. The molecule has 0 radical (unpaired) electrons. The minimum atomic E-state index is 0.488. The number of rotatable bonds is 2. The molecule has 2 unspecified atom stereocenters. The zero-order chi connectivity index (χ0) is 7.56. The maximum absolute atomic E-state index is 5.29. The fourth-order valence-corrected chi connectivity index (χ4v) is 1.73. The topological polar surface area (TPSA) is 9.23 Å². The lowest BCUT2D eigenvalue weighted by Crippen LogP contribution is -2.14. The summed E-state index contributed by atoms with van der Waals surface area (Å²) in [4.78, 5) is 0. The van der Waals surface area contributed by atoms with E-state index in [1.165, 1.54) is 6.42 Å². The van der Waals surface area contributed by atoms with Gasteiger partial charge in [-0.3, -0.25) is 0 Å². The number of ether oxygens (including phenoxy) is 1. The molecule has 1 rings (SSSR count). The molecule has 0 saturated carbocycles. The van der Waals surface area contributed by atoms with E-state index in [4.69, 9.17) is 4.74 Å². The third kappa shape index (κ3) is 2.17. The van der Waals surface area contributed by atoms with Crippen LogP contribution in [0.4, 0.5) is 0 Å². The summed E-state index contributed by atoms with van der Waals surface area (Å²) < 4.78 is 5.29. The normalized spacial score (nSPS) is 33.6. The molecule has 1 aliphatic heterocycles. The molecule has 0 N–H and O–H groups in total. The molecule has 60 valence electrons. The second kappa shape index (κ2) is 3.63. The molecule has 0 aromatic rings. The molecule has 1 saturated heterocycles. The van der Waals surface area contributed by atoms with Gasteiger partial charge >= 0.3 is 0 Å². The molecule has 2 atom stereocenters. The molecular weight excluding hydrogens is 144 g/mol. The van der Waals surface area contributed by atoms with Crippen molar-refractivity contribution < 1.29 is 4.74 Å². The summed E-state index contributed by atoms with van der Waals surface area (Å²) in [7, 11) is 0. The fraction of sp³-hybridized carbons (Fsp3) is 1.00. The van der Waals surface area contributed by atoms with Crippen LogP contribution >= 0.6 is 12.6 Å². The van der Waals surface area contributed by atoms with Gasteiger partial charge in [0, 0.05) is 5.25 Å². The SMILES string of the molecule is CC(C)CC1COCC1S. The minimum Gasteiger partial charge on any atom is -0.380 e. The van der Waals surface area contributed by atoms with E-state index in [2.05, 4.69) is 26.5 Å². The average molecular weight is 160 g/mol. The van der Waals surface area contributed by atoms with Crippen LogP contribution in [0.15, 0.2) is 0 Å². The van der Waals surface area contributed by atoms with Gasteiger partial charge in [0.15, 0.2) is 0 Å². The van der Waals surface area contributed by atoms with Gasteiger partial charge in [0.25, 0.3) is 0 Å². The summed E-state index contributed by atoms with van der Waals surface area (Å²) >= 11 is 4.44. The monoisotopic (exact) mass is 160 g/mol. The molecule has 0 spiro atoms. The molecule has 1 heterocycles. The minimum absolute atomic E-state index is 0.488. The first kappa shape index (κ1) is 8.41. The lowest BCUT2D eigenvalue weighted by molar-refractivity contribution is 0.181. The Hall–Kier alpha value is 0.310. The Labute approximate surface area is 68.6 Å². The standard InChI is InChI=1S/C8H16OS/c1-6(2)3-7-4-9-5-8(7)10/h6-8,10H,3-5H2,1-2H3. The van der Waals surface area contributed by atoms with Crippen LogP contribution in [0.2, 0.25) is 0 Å². The van der Waals surface area contributed by atoms with Crippen LogP contribution in [0.25, 0.3) is 0 Å². The van der Waals surface area contributed by atoms with Crippen molar-refractivity contribution in [2.24, 2.45) is 11.8 Å². The van der Waals surface area contributed by atoms with Crippen molar-refractivity contribution in [2.75, 3.05) is 13.2 Å². The second-order valence-electron chi connectivity index (χ2n) is 3.49. The van der Waals surface area contributed by atoms with Crippen LogP contribution in [-0.4, -0.2) is 18.5 Å². The van der Waals surface area contributed by atoms with E-state index in [0.29, 0.717) is 11.2 Å². The molecule has 0 aromatic carbocycles. The summed E-state index contributed by atoms with van der Waals surface area (Å²) in [5, 5.41) is 0.488. The predicted molar refractivity (Wildman–Crippen MR) is 46.5 cm³/mol. The quantitative estimate of drug-likeness (QED) is 0.608. The van der Waals surface area contributed by atoms with Crippen molar-refractivity contribution >= 4 is 12.6 Å². The average Bonchev–Trinajstić information content (AvgIpc) is 2.15. The van der Waals surface area contributed by atoms with Gasteiger partial charge in [-0.2, -0.15) is 12.6 Å². The van der Waals surface area contributed by atoms with Gasteiger partial charge < -0.3 is 4.74 Å². The van der Waals surface area contributed by atoms with Gasteiger partial charge in [-0.25, -0.2) is 0 Å². The van der Waals surface area contributed by atoms with E-state index in [-0.39, 0.29) is 0 Å². The first-order valence-electron chi connectivity index (χ1n) is 3.96. The first-order chi connectivity index (χ1) is 4.70.